The molecular formula is C9H14N2O. The topological polar surface area (TPSA) is 32.7 Å². The number of nitrogens with zero attached hydrogens (tertiary/aromatic N) is 2. The lowest BCUT2D eigenvalue weighted by Crippen LogP contribution is -2.32. The van der Waals surface area contributed by atoms with E-state index in [1.54, 1.807) is 0 Å². The van der Waals surface area contributed by atoms with Gasteiger partial charge in [-0.3, -0.25) is 0 Å². The van der Waals surface area contributed by atoms with Crippen molar-refractivity contribution in [2.75, 3.05) is 20.1 Å². The molecule has 66 valence electrons. The van der Waals surface area contributed by atoms with Gasteiger partial charge in [0.15, 0.2) is 0 Å². The minimum atomic E-state index is 0.352. The summed E-state index contributed by atoms with van der Waals surface area (Å²) in [5, 5.41) is 0. The summed E-state index contributed by atoms with van der Waals surface area (Å²) in [6.07, 6.45) is 3.79. The second-order valence-corrected chi connectivity index (χ2v) is 3.30. The van der Waals surface area contributed by atoms with Crippen LogP contribution in [0.1, 0.15) is 12.8 Å². The molecule has 0 aliphatic carbocycles. The van der Waals surface area contributed by atoms with Gasteiger partial charge in [-0.05, 0) is 26.4 Å². The monoisotopic (exact) mass is 166 g/mol. The second kappa shape index (κ2) is 4.19. The van der Waals surface area contributed by atoms with E-state index in [1.165, 1.54) is 6.08 Å². The molecule has 3 nitrogen and oxygen atoms in total. The van der Waals surface area contributed by atoms with Gasteiger partial charge >= 0.3 is 0 Å². The van der Waals surface area contributed by atoms with Crippen LogP contribution in [0.3, 0.4) is 0 Å². The molecule has 0 aromatic heterocycles. The Morgan fingerprint density at radius 3 is 3.08 bits per heavy atom. The Bertz CT molecular complexity index is 219. The Morgan fingerprint density at radius 2 is 2.50 bits per heavy atom. The first-order valence-electron chi connectivity index (χ1n) is 4.19. The standard InChI is InChI=1S/C9H14N2O/c1-8(10-7-12)9-4-3-5-11(2)6-9/h9H,1,3-6H2,2H3. The van der Waals surface area contributed by atoms with Crippen molar-refractivity contribution in [1.82, 2.24) is 4.90 Å². The molecule has 0 spiro atoms. The van der Waals surface area contributed by atoms with Crippen LogP contribution in [0.5, 0.6) is 0 Å². The zero-order valence-corrected chi connectivity index (χ0v) is 7.42. The maximum atomic E-state index is 9.97. The largest absolute Gasteiger partial charge is 0.306 e. The summed E-state index contributed by atoms with van der Waals surface area (Å²) in [5.41, 5.74) is 0.677. The molecule has 0 saturated carbocycles. The van der Waals surface area contributed by atoms with Crippen LogP contribution in [0.25, 0.3) is 0 Å². The molecular weight excluding hydrogens is 152 g/mol. The highest BCUT2D eigenvalue weighted by Crippen LogP contribution is 2.21. The van der Waals surface area contributed by atoms with E-state index in [-0.39, 0.29) is 0 Å². The van der Waals surface area contributed by atoms with Crippen LogP contribution < -0.4 is 0 Å². The van der Waals surface area contributed by atoms with Gasteiger partial charge in [0.1, 0.15) is 0 Å². The molecule has 0 radical (unpaired) electrons. The zero-order chi connectivity index (χ0) is 8.97. The van der Waals surface area contributed by atoms with E-state index in [0.29, 0.717) is 11.6 Å². The number of isocyanates is 1. The number of carbonyl (C=O) groups excluding carboxylic acids is 1. The van der Waals surface area contributed by atoms with E-state index >= 15 is 0 Å². The molecule has 0 bridgehead atoms. The summed E-state index contributed by atoms with van der Waals surface area (Å²) in [7, 11) is 2.07. The molecule has 1 aliphatic rings. The number of hydrogen-bond donors (Lipinski definition) is 0. The first-order chi connectivity index (χ1) is 5.74. The normalized spacial score (nSPS) is 24.6. The number of likely N-dealkylation sites (tertiary alicyclic amines) is 1. The van der Waals surface area contributed by atoms with Crippen molar-refractivity contribution in [1.29, 1.82) is 0 Å². The molecule has 1 unspecified atom stereocenters. The molecule has 1 rings (SSSR count). The summed E-state index contributed by atoms with van der Waals surface area (Å²) in [6.45, 7) is 5.84. The van der Waals surface area contributed by atoms with Crippen molar-refractivity contribution >= 4 is 6.08 Å². The predicted molar refractivity (Wildman–Crippen MR) is 47.5 cm³/mol. The van der Waals surface area contributed by atoms with Crippen LogP contribution in [0, 0.1) is 5.92 Å². The summed E-state index contributed by atoms with van der Waals surface area (Å²) in [5.74, 6) is 0.352. The summed E-state index contributed by atoms with van der Waals surface area (Å²) < 4.78 is 0. The van der Waals surface area contributed by atoms with Crippen molar-refractivity contribution in [3.63, 3.8) is 0 Å². The highest BCUT2D eigenvalue weighted by Gasteiger charge is 2.19. The Morgan fingerprint density at radius 1 is 1.75 bits per heavy atom. The van der Waals surface area contributed by atoms with Gasteiger partial charge in [0.25, 0.3) is 0 Å². The summed E-state index contributed by atoms with van der Waals surface area (Å²) >= 11 is 0. The van der Waals surface area contributed by atoms with E-state index in [0.717, 1.165) is 25.9 Å². The van der Waals surface area contributed by atoms with E-state index in [1.807, 2.05) is 0 Å². The number of aliphatic imine (C=N–C) groups is 1. The lowest BCUT2D eigenvalue weighted by atomic mass is 9.96. The fourth-order valence-corrected chi connectivity index (χ4v) is 1.59. The van der Waals surface area contributed by atoms with Gasteiger partial charge < -0.3 is 4.90 Å². The third kappa shape index (κ3) is 2.29. The number of rotatable bonds is 2. The average Bonchev–Trinajstić information content (AvgIpc) is 2.05. The fraction of sp³-hybridized carbons (Fsp3) is 0.667. The van der Waals surface area contributed by atoms with Crippen LogP contribution in [0.2, 0.25) is 0 Å². The first kappa shape index (κ1) is 9.17. The Hall–Kier alpha value is -0.920. The molecule has 1 saturated heterocycles. The minimum Gasteiger partial charge on any atom is -0.306 e. The fourth-order valence-electron chi connectivity index (χ4n) is 1.59. The van der Waals surface area contributed by atoms with Crippen molar-refractivity contribution in [2.24, 2.45) is 10.9 Å². The van der Waals surface area contributed by atoms with E-state index in [2.05, 4.69) is 23.5 Å². The third-order valence-electron chi connectivity index (χ3n) is 2.28. The van der Waals surface area contributed by atoms with Crippen LogP contribution in [-0.2, 0) is 4.79 Å². The molecule has 0 amide bonds. The van der Waals surface area contributed by atoms with E-state index in [9.17, 15) is 4.79 Å². The first-order valence-corrected chi connectivity index (χ1v) is 4.19. The van der Waals surface area contributed by atoms with Crippen LogP contribution >= 0.6 is 0 Å². The Labute approximate surface area is 72.8 Å². The average molecular weight is 166 g/mol. The third-order valence-corrected chi connectivity index (χ3v) is 2.28. The molecule has 12 heavy (non-hydrogen) atoms. The van der Waals surface area contributed by atoms with E-state index in [4.69, 9.17) is 0 Å². The SMILES string of the molecule is C=C(N=C=O)C1CCCN(C)C1. The molecule has 1 fully saturated rings. The highest BCUT2D eigenvalue weighted by molar-refractivity contribution is 5.36. The molecule has 1 heterocycles. The molecule has 3 heteroatoms. The molecule has 1 aliphatic heterocycles. The van der Waals surface area contributed by atoms with Crippen molar-refractivity contribution in [3.8, 4) is 0 Å². The lowest BCUT2D eigenvalue weighted by Gasteiger charge is -2.28. The van der Waals surface area contributed by atoms with Crippen molar-refractivity contribution in [2.45, 2.75) is 12.8 Å². The maximum absolute atomic E-state index is 9.97. The highest BCUT2D eigenvalue weighted by atomic mass is 16.1. The van der Waals surface area contributed by atoms with Gasteiger partial charge in [-0.15, -0.1) is 0 Å². The van der Waals surface area contributed by atoms with Crippen LogP contribution in [-0.4, -0.2) is 31.1 Å². The van der Waals surface area contributed by atoms with Crippen LogP contribution in [0.4, 0.5) is 0 Å². The Balaban J connectivity index is 2.51. The Kier molecular flexibility index (Phi) is 3.20. The van der Waals surface area contributed by atoms with Crippen molar-refractivity contribution < 1.29 is 4.79 Å². The molecule has 0 N–H and O–H groups in total. The zero-order valence-electron chi connectivity index (χ0n) is 7.42. The smallest absolute Gasteiger partial charge is 0.240 e. The second-order valence-electron chi connectivity index (χ2n) is 3.30. The van der Waals surface area contributed by atoms with Gasteiger partial charge in [0.2, 0.25) is 6.08 Å². The molecule has 0 aromatic carbocycles. The quantitative estimate of drug-likeness (QED) is 0.456. The minimum absolute atomic E-state index is 0.352. The van der Waals surface area contributed by atoms with Crippen molar-refractivity contribution in [3.05, 3.63) is 12.3 Å². The molecule has 1 atom stereocenters. The summed E-state index contributed by atoms with van der Waals surface area (Å²) in [6, 6.07) is 0. The molecule has 0 aromatic rings. The van der Waals surface area contributed by atoms with Gasteiger partial charge in [-0.2, -0.15) is 4.99 Å². The lowest BCUT2D eigenvalue weighted by molar-refractivity contribution is 0.230. The number of piperidine rings is 1. The maximum Gasteiger partial charge on any atom is 0.240 e. The summed E-state index contributed by atoms with van der Waals surface area (Å²) in [4.78, 5) is 15.8. The van der Waals surface area contributed by atoms with E-state index < -0.39 is 0 Å². The van der Waals surface area contributed by atoms with Gasteiger partial charge in [0.05, 0.1) is 5.70 Å². The van der Waals surface area contributed by atoms with Gasteiger partial charge in [0, 0.05) is 12.5 Å². The number of hydrogen-bond acceptors (Lipinski definition) is 3. The van der Waals surface area contributed by atoms with Crippen LogP contribution in [0.15, 0.2) is 17.3 Å². The van der Waals surface area contributed by atoms with Gasteiger partial charge in [-0.1, -0.05) is 6.58 Å². The van der Waals surface area contributed by atoms with Gasteiger partial charge in [-0.25, -0.2) is 4.79 Å². The predicted octanol–water partition coefficient (Wildman–Crippen LogP) is 1.18.